The van der Waals surface area contributed by atoms with Crippen LogP contribution in [-0.4, -0.2) is 17.0 Å². The molecule has 0 fully saturated rings. The highest BCUT2D eigenvalue weighted by Gasteiger charge is 2.09. The Morgan fingerprint density at radius 2 is 1.60 bits per heavy atom. The Bertz CT molecular complexity index is 795. The lowest BCUT2D eigenvalue weighted by Gasteiger charge is -2.11. The van der Waals surface area contributed by atoms with Crippen LogP contribution in [-0.2, 0) is 9.59 Å². The molecule has 8 heteroatoms. The van der Waals surface area contributed by atoms with Crippen LogP contribution in [0.15, 0.2) is 49.8 Å². The monoisotopic (exact) mass is 533 g/mol. The maximum absolute atomic E-state index is 11.8. The second kappa shape index (κ2) is 9.35. The van der Waals surface area contributed by atoms with Crippen molar-refractivity contribution in [2.45, 2.75) is 19.3 Å². The predicted octanol–water partition coefficient (Wildman–Crippen LogP) is 5.96. The zero-order chi connectivity index (χ0) is 18.4. The Morgan fingerprint density at radius 1 is 0.960 bits per heavy atom. The van der Waals surface area contributed by atoms with E-state index in [1.807, 2.05) is 18.2 Å². The van der Waals surface area contributed by atoms with Crippen molar-refractivity contribution >= 4 is 65.4 Å². The summed E-state index contributed by atoms with van der Waals surface area (Å²) in [5.74, 6) is 0.134. The number of carbonyl (C=O) groups is 2. The molecule has 1 amide bonds. The molecule has 0 spiro atoms. The fourth-order valence-electron chi connectivity index (χ4n) is 1.96. The number of halogens is 3. The Kier molecular flexibility index (Phi) is 7.46. The zero-order valence-corrected chi connectivity index (χ0v) is 17.6. The summed E-state index contributed by atoms with van der Waals surface area (Å²) in [5, 5.41) is 11.3. The van der Waals surface area contributed by atoms with E-state index in [1.54, 1.807) is 18.2 Å². The fourth-order valence-corrected chi connectivity index (χ4v) is 3.55. The van der Waals surface area contributed by atoms with Gasteiger partial charge in [0.15, 0.2) is 0 Å². The van der Waals surface area contributed by atoms with Crippen molar-refractivity contribution in [1.82, 2.24) is 0 Å². The summed E-state index contributed by atoms with van der Waals surface area (Å²) in [7, 11) is 0. The lowest BCUT2D eigenvalue weighted by atomic mass is 10.2. The summed E-state index contributed by atoms with van der Waals surface area (Å²) in [6, 6.07) is 10.8. The van der Waals surface area contributed by atoms with Crippen LogP contribution in [0.1, 0.15) is 19.3 Å². The number of carboxylic acids is 1. The molecule has 2 N–H and O–H groups in total. The first-order chi connectivity index (χ1) is 11.8. The fraction of sp³-hybridized carbons (Fsp3) is 0.176. The zero-order valence-electron chi connectivity index (χ0n) is 12.9. The second-order valence-corrected chi connectivity index (χ2v) is 7.74. The number of rotatable bonds is 7. The highest BCUT2D eigenvalue weighted by atomic mass is 79.9. The number of anilines is 1. The quantitative estimate of drug-likeness (QED) is 0.459. The lowest BCUT2D eigenvalue weighted by Crippen LogP contribution is -2.11. The molecule has 0 heterocycles. The highest BCUT2D eigenvalue weighted by molar-refractivity contribution is 9.11. The van der Waals surface area contributed by atoms with Gasteiger partial charge < -0.3 is 15.2 Å². The van der Waals surface area contributed by atoms with Crippen molar-refractivity contribution in [2.75, 3.05) is 5.32 Å². The van der Waals surface area contributed by atoms with Crippen molar-refractivity contribution in [3.8, 4) is 11.5 Å². The van der Waals surface area contributed by atoms with Gasteiger partial charge in [0.2, 0.25) is 5.91 Å². The largest absolute Gasteiger partial charge is 0.481 e. The average Bonchev–Trinajstić information content (AvgIpc) is 2.52. The molecule has 0 unspecified atom stereocenters. The van der Waals surface area contributed by atoms with Crippen LogP contribution in [0.4, 0.5) is 5.69 Å². The van der Waals surface area contributed by atoms with E-state index in [4.69, 9.17) is 9.84 Å². The van der Waals surface area contributed by atoms with E-state index in [1.165, 1.54) is 0 Å². The number of nitrogens with one attached hydrogen (secondary N) is 1. The molecule has 0 saturated carbocycles. The Labute approximate surface area is 170 Å². The van der Waals surface area contributed by atoms with Gasteiger partial charge in [-0.15, -0.1) is 0 Å². The first-order valence-electron chi connectivity index (χ1n) is 7.29. The normalized spacial score (nSPS) is 10.4. The summed E-state index contributed by atoms with van der Waals surface area (Å²) < 4.78 is 8.29. The first kappa shape index (κ1) is 19.9. The van der Waals surface area contributed by atoms with E-state index >= 15 is 0 Å². The number of hydrogen-bond acceptors (Lipinski definition) is 3. The van der Waals surface area contributed by atoms with Gasteiger partial charge in [-0.25, -0.2) is 0 Å². The summed E-state index contributed by atoms with van der Waals surface area (Å²) in [6.07, 6.45) is 0.446. The van der Waals surface area contributed by atoms with Crippen molar-refractivity contribution < 1.29 is 19.4 Å². The Hall–Kier alpha value is -1.38. The third-order valence-electron chi connectivity index (χ3n) is 3.12. The van der Waals surface area contributed by atoms with Crippen molar-refractivity contribution in [3.63, 3.8) is 0 Å². The van der Waals surface area contributed by atoms with E-state index in [0.717, 1.165) is 8.95 Å². The Balaban J connectivity index is 2.00. The molecule has 5 nitrogen and oxygen atoms in total. The maximum atomic E-state index is 11.8. The van der Waals surface area contributed by atoms with Crippen LogP contribution in [0.25, 0.3) is 0 Å². The summed E-state index contributed by atoms with van der Waals surface area (Å²) >= 11 is 10.3. The number of carboxylic acid groups (broad SMARTS) is 1. The first-order valence-corrected chi connectivity index (χ1v) is 9.67. The standard InChI is InChI=1S/C17H14Br3NO4/c18-10-4-6-14(12(19)8-10)25-15-7-5-11(9-13(15)20)21-16(22)2-1-3-17(23)24/h4-9H,1-3H2,(H,21,22)(H,23,24). The van der Waals surface area contributed by atoms with Gasteiger partial charge in [0.25, 0.3) is 0 Å². The number of amides is 1. The minimum Gasteiger partial charge on any atom is -0.481 e. The van der Waals surface area contributed by atoms with Gasteiger partial charge in [-0.1, -0.05) is 15.9 Å². The number of benzene rings is 2. The van der Waals surface area contributed by atoms with Gasteiger partial charge in [-0.05, 0) is 74.7 Å². The van der Waals surface area contributed by atoms with Crippen LogP contribution in [0.5, 0.6) is 11.5 Å². The molecule has 0 aliphatic rings. The predicted molar refractivity (Wildman–Crippen MR) is 106 cm³/mol. The van der Waals surface area contributed by atoms with Gasteiger partial charge in [-0.3, -0.25) is 9.59 Å². The molecule has 0 aromatic heterocycles. The van der Waals surface area contributed by atoms with Gasteiger partial charge in [-0.2, -0.15) is 0 Å². The molecule has 0 saturated heterocycles. The summed E-state index contributed by atoms with van der Waals surface area (Å²) in [4.78, 5) is 22.3. The molecule has 0 atom stereocenters. The summed E-state index contributed by atoms with van der Waals surface area (Å²) in [5.41, 5.74) is 0.606. The van der Waals surface area contributed by atoms with Crippen LogP contribution in [0.3, 0.4) is 0 Å². The smallest absolute Gasteiger partial charge is 0.303 e. The number of carbonyl (C=O) groups excluding carboxylic acids is 1. The topological polar surface area (TPSA) is 75.6 Å². The molecule has 2 aromatic rings. The number of hydrogen-bond donors (Lipinski definition) is 2. The minimum atomic E-state index is -0.906. The van der Waals surface area contributed by atoms with Crippen molar-refractivity contribution in [2.24, 2.45) is 0 Å². The van der Waals surface area contributed by atoms with Crippen LogP contribution < -0.4 is 10.1 Å². The second-order valence-electron chi connectivity index (χ2n) is 5.12. The molecule has 2 rings (SSSR count). The molecular formula is C17H14Br3NO4. The molecule has 0 bridgehead atoms. The van der Waals surface area contributed by atoms with E-state index in [9.17, 15) is 9.59 Å². The maximum Gasteiger partial charge on any atom is 0.303 e. The van der Waals surface area contributed by atoms with E-state index in [0.29, 0.717) is 28.1 Å². The highest BCUT2D eigenvalue weighted by Crippen LogP contribution is 2.36. The van der Waals surface area contributed by atoms with Crippen LogP contribution in [0.2, 0.25) is 0 Å². The van der Waals surface area contributed by atoms with E-state index in [2.05, 4.69) is 53.1 Å². The van der Waals surface area contributed by atoms with Gasteiger partial charge in [0, 0.05) is 23.0 Å². The van der Waals surface area contributed by atoms with Gasteiger partial charge in [0.1, 0.15) is 11.5 Å². The van der Waals surface area contributed by atoms with Crippen molar-refractivity contribution in [3.05, 3.63) is 49.8 Å². The Morgan fingerprint density at radius 3 is 2.20 bits per heavy atom. The lowest BCUT2D eigenvalue weighted by molar-refractivity contribution is -0.137. The molecule has 0 radical (unpaired) electrons. The van der Waals surface area contributed by atoms with Gasteiger partial charge in [0.05, 0.1) is 8.95 Å². The third kappa shape index (κ3) is 6.45. The SMILES string of the molecule is O=C(O)CCCC(=O)Nc1ccc(Oc2ccc(Br)cc2Br)c(Br)c1. The molecule has 0 aliphatic heterocycles. The number of aliphatic carboxylic acids is 1. The molecule has 25 heavy (non-hydrogen) atoms. The number of ether oxygens (including phenoxy) is 1. The van der Waals surface area contributed by atoms with Crippen LogP contribution in [0, 0.1) is 0 Å². The van der Waals surface area contributed by atoms with Gasteiger partial charge >= 0.3 is 5.97 Å². The van der Waals surface area contributed by atoms with E-state index < -0.39 is 5.97 Å². The van der Waals surface area contributed by atoms with Crippen LogP contribution >= 0.6 is 47.8 Å². The summed E-state index contributed by atoms with van der Waals surface area (Å²) in [6.45, 7) is 0. The van der Waals surface area contributed by atoms with E-state index in [-0.39, 0.29) is 18.7 Å². The van der Waals surface area contributed by atoms with Crippen molar-refractivity contribution in [1.29, 1.82) is 0 Å². The molecular weight excluding hydrogens is 522 g/mol. The molecule has 132 valence electrons. The minimum absolute atomic E-state index is 0.0219. The third-order valence-corrected chi connectivity index (χ3v) is 4.86. The molecule has 0 aliphatic carbocycles. The molecule has 2 aromatic carbocycles. The average molecular weight is 536 g/mol.